The second-order valence-corrected chi connectivity index (χ2v) is 9.54. The van der Waals surface area contributed by atoms with Gasteiger partial charge in [0.05, 0.1) is 6.04 Å². The van der Waals surface area contributed by atoms with Crippen LogP contribution in [-0.2, 0) is 10.2 Å². The predicted octanol–water partition coefficient (Wildman–Crippen LogP) is 4.77. The summed E-state index contributed by atoms with van der Waals surface area (Å²) in [6.07, 6.45) is 9.37. The van der Waals surface area contributed by atoms with E-state index >= 15 is 0 Å². The first-order valence-corrected chi connectivity index (χ1v) is 11.1. The van der Waals surface area contributed by atoms with Gasteiger partial charge in [-0.15, -0.1) is 0 Å². The van der Waals surface area contributed by atoms with Crippen molar-refractivity contribution in [2.75, 3.05) is 26.7 Å². The summed E-state index contributed by atoms with van der Waals surface area (Å²) in [6.45, 7) is 7.87. The fraction of sp³-hybridized carbons (Fsp3) is 0.708. The van der Waals surface area contributed by atoms with Crippen molar-refractivity contribution in [3.8, 4) is 0 Å². The highest BCUT2D eigenvalue weighted by Gasteiger charge is 2.46. The molecule has 1 amide bonds. The minimum absolute atomic E-state index is 0.176. The molecule has 2 fully saturated rings. The number of piperidine rings is 1. The highest BCUT2D eigenvalue weighted by Crippen LogP contribution is 2.52. The van der Waals surface area contributed by atoms with Crippen LogP contribution in [0.25, 0.3) is 0 Å². The zero-order valence-electron chi connectivity index (χ0n) is 17.4. The maximum Gasteiger partial charge on any atom is 0.219 e. The summed E-state index contributed by atoms with van der Waals surface area (Å²) in [5, 5.41) is 0. The highest BCUT2D eigenvalue weighted by molar-refractivity contribution is 5.74. The molecule has 3 heteroatoms. The van der Waals surface area contributed by atoms with Gasteiger partial charge in [-0.1, -0.05) is 56.9 Å². The second kappa shape index (κ2) is 7.58. The van der Waals surface area contributed by atoms with E-state index in [0.717, 1.165) is 18.3 Å². The normalized spacial score (nSPS) is 26.3. The molecule has 3 aliphatic rings. The van der Waals surface area contributed by atoms with Gasteiger partial charge in [-0.25, -0.2) is 0 Å². The van der Waals surface area contributed by atoms with Crippen LogP contribution in [-0.4, -0.2) is 42.4 Å². The lowest BCUT2D eigenvalue weighted by Crippen LogP contribution is -2.44. The van der Waals surface area contributed by atoms with Gasteiger partial charge in [0.25, 0.3) is 0 Å². The van der Waals surface area contributed by atoms with Crippen LogP contribution in [0.2, 0.25) is 0 Å². The standard InChI is InChI=1S/C24H36N2O/c1-18(20-8-4-5-9-20)17-26-14-12-24(13-15-26)16-23(25(3)19(2)27)21-10-6-7-11-22(21)24/h6-7,10-11,18,20,23H,4-5,8-9,12-17H2,1-3H3/t18-,23+/m1/s1. The number of carbonyl (C=O) groups is 1. The summed E-state index contributed by atoms with van der Waals surface area (Å²) in [5.41, 5.74) is 3.19. The van der Waals surface area contributed by atoms with Gasteiger partial charge in [0.2, 0.25) is 5.91 Å². The van der Waals surface area contributed by atoms with Crippen LogP contribution in [0.15, 0.2) is 24.3 Å². The van der Waals surface area contributed by atoms with Gasteiger partial charge in [-0.3, -0.25) is 4.79 Å². The SMILES string of the molecule is CC(=O)N(C)[C@H]1CC2(CCN(C[C@@H](C)C3CCCC3)CC2)c2ccccc21. The van der Waals surface area contributed by atoms with Crippen LogP contribution in [0.4, 0.5) is 0 Å². The average Bonchev–Trinajstić information content (AvgIpc) is 3.31. The maximum atomic E-state index is 12.0. The monoisotopic (exact) mass is 368 g/mol. The Bertz CT molecular complexity index is 671. The van der Waals surface area contributed by atoms with Gasteiger partial charge in [0.1, 0.15) is 0 Å². The van der Waals surface area contributed by atoms with Gasteiger partial charge in [0.15, 0.2) is 0 Å². The Balaban J connectivity index is 1.45. The van der Waals surface area contributed by atoms with Gasteiger partial charge < -0.3 is 9.80 Å². The largest absolute Gasteiger partial charge is 0.339 e. The molecule has 0 bridgehead atoms. The smallest absolute Gasteiger partial charge is 0.219 e. The van der Waals surface area contributed by atoms with E-state index in [9.17, 15) is 4.79 Å². The van der Waals surface area contributed by atoms with E-state index in [2.05, 4.69) is 36.1 Å². The van der Waals surface area contributed by atoms with Crippen molar-refractivity contribution in [1.82, 2.24) is 9.80 Å². The van der Waals surface area contributed by atoms with Crippen LogP contribution >= 0.6 is 0 Å². The van der Waals surface area contributed by atoms with E-state index in [4.69, 9.17) is 0 Å². The lowest BCUT2D eigenvalue weighted by molar-refractivity contribution is -0.129. The number of nitrogens with zero attached hydrogens (tertiary/aromatic N) is 2. The summed E-state index contributed by atoms with van der Waals surface area (Å²) < 4.78 is 0. The molecule has 148 valence electrons. The van der Waals surface area contributed by atoms with Crippen molar-refractivity contribution < 1.29 is 4.79 Å². The molecule has 2 aliphatic carbocycles. The Labute approximate surface area is 165 Å². The van der Waals surface area contributed by atoms with Crippen molar-refractivity contribution in [2.45, 2.75) is 70.3 Å². The number of hydrogen-bond acceptors (Lipinski definition) is 2. The van der Waals surface area contributed by atoms with E-state index < -0.39 is 0 Å². The van der Waals surface area contributed by atoms with E-state index in [1.807, 2.05) is 11.9 Å². The number of likely N-dealkylation sites (tertiary alicyclic amines) is 1. The Morgan fingerprint density at radius 1 is 1.22 bits per heavy atom. The fourth-order valence-corrected chi connectivity index (χ4v) is 6.15. The van der Waals surface area contributed by atoms with E-state index in [1.54, 1.807) is 6.92 Å². The Morgan fingerprint density at radius 3 is 2.56 bits per heavy atom. The van der Waals surface area contributed by atoms with Crippen molar-refractivity contribution in [3.63, 3.8) is 0 Å². The Hall–Kier alpha value is -1.35. The molecule has 4 rings (SSSR count). The zero-order valence-corrected chi connectivity index (χ0v) is 17.4. The number of benzene rings is 1. The summed E-state index contributed by atoms with van der Waals surface area (Å²) in [6, 6.07) is 9.16. The molecule has 1 saturated carbocycles. The molecule has 1 heterocycles. The molecule has 1 aliphatic heterocycles. The molecule has 0 aromatic heterocycles. The molecular weight excluding hydrogens is 332 g/mol. The number of hydrogen-bond donors (Lipinski definition) is 0. The third-order valence-corrected chi connectivity index (χ3v) is 8.00. The summed E-state index contributed by atoms with van der Waals surface area (Å²) in [7, 11) is 1.97. The topological polar surface area (TPSA) is 23.6 Å². The van der Waals surface area contributed by atoms with Crippen molar-refractivity contribution in [3.05, 3.63) is 35.4 Å². The first kappa shape index (κ1) is 19.0. The molecule has 1 aromatic rings. The van der Waals surface area contributed by atoms with Crippen LogP contribution in [0, 0.1) is 11.8 Å². The molecule has 0 radical (unpaired) electrons. The third-order valence-electron chi connectivity index (χ3n) is 8.00. The van der Waals surface area contributed by atoms with Crippen LogP contribution in [0.1, 0.15) is 76.0 Å². The fourth-order valence-electron chi connectivity index (χ4n) is 6.15. The third kappa shape index (κ3) is 3.55. The quantitative estimate of drug-likeness (QED) is 0.764. The predicted molar refractivity (Wildman–Crippen MR) is 111 cm³/mol. The highest BCUT2D eigenvalue weighted by atomic mass is 16.2. The lowest BCUT2D eigenvalue weighted by atomic mass is 9.73. The van der Waals surface area contributed by atoms with Crippen molar-refractivity contribution in [1.29, 1.82) is 0 Å². The molecule has 3 nitrogen and oxygen atoms in total. The second-order valence-electron chi connectivity index (χ2n) is 9.54. The van der Waals surface area contributed by atoms with Crippen molar-refractivity contribution >= 4 is 5.91 Å². The van der Waals surface area contributed by atoms with E-state index in [-0.39, 0.29) is 17.4 Å². The number of amides is 1. The van der Waals surface area contributed by atoms with Crippen molar-refractivity contribution in [2.24, 2.45) is 11.8 Å². The minimum atomic E-state index is 0.176. The minimum Gasteiger partial charge on any atom is -0.339 e. The average molecular weight is 369 g/mol. The van der Waals surface area contributed by atoms with Gasteiger partial charge in [-0.05, 0) is 55.3 Å². The van der Waals surface area contributed by atoms with E-state index in [0.29, 0.717) is 0 Å². The lowest BCUT2D eigenvalue weighted by Gasteiger charge is -2.42. The van der Waals surface area contributed by atoms with Gasteiger partial charge >= 0.3 is 0 Å². The number of rotatable bonds is 4. The van der Waals surface area contributed by atoms with Gasteiger partial charge in [0, 0.05) is 25.9 Å². The summed E-state index contributed by atoms with van der Waals surface area (Å²) >= 11 is 0. The summed E-state index contributed by atoms with van der Waals surface area (Å²) in [4.78, 5) is 16.7. The van der Waals surface area contributed by atoms with Crippen LogP contribution < -0.4 is 0 Å². The van der Waals surface area contributed by atoms with Gasteiger partial charge in [-0.2, -0.15) is 0 Å². The van der Waals surface area contributed by atoms with Crippen LogP contribution in [0.3, 0.4) is 0 Å². The molecule has 27 heavy (non-hydrogen) atoms. The number of fused-ring (bicyclic) bond motifs is 2. The first-order valence-electron chi connectivity index (χ1n) is 11.1. The molecule has 1 saturated heterocycles. The molecule has 0 unspecified atom stereocenters. The molecule has 1 spiro atoms. The molecule has 1 aromatic carbocycles. The Kier molecular flexibility index (Phi) is 5.33. The molecule has 0 N–H and O–H groups in total. The van der Waals surface area contributed by atoms with E-state index in [1.165, 1.54) is 69.3 Å². The maximum absolute atomic E-state index is 12.0. The number of carbonyl (C=O) groups excluding carboxylic acids is 1. The first-order chi connectivity index (χ1) is 13.0. The molecular formula is C24H36N2O. The summed E-state index contributed by atoms with van der Waals surface area (Å²) in [5.74, 6) is 1.98. The molecule has 2 atom stereocenters. The Morgan fingerprint density at radius 2 is 1.89 bits per heavy atom. The zero-order chi connectivity index (χ0) is 19.0. The van der Waals surface area contributed by atoms with Crippen LogP contribution in [0.5, 0.6) is 0 Å².